The minimum Gasteiger partial charge on any atom is -0.431 e. The van der Waals surface area contributed by atoms with Crippen molar-refractivity contribution in [3.63, 3.8) is 0 Å². The Morgan fingerprint density at radius 1 is 0.413 bits per heavy atom. The van der Waals surface area contributed by atoms with E-state index in [2.05, 4.69) is 107 Å². The molecule has 0 radical (unpaired) electrons. The molecule has 0 saturated carbocycles. The molecule has 274 valence electrons. The van der Waals surface area contributed by atoms with Crippen molar-refractivity contribution in [3.05, 3.63) is 12.5 Å². The van der Waals surface area contributed by atoms with E-state index in [-0.39, 0.29) is 19.6 Å². The third-order valence-electron chi connectivity index (χ3n) is 5.25. The number of unbranched alkanes of at least 4 members (excludes halogenated alkanes) is 13. The Labute approximate surface area is 265 Å². The summed E-state index contributed by atoms with van der Waals surface area (Å²) in [4.78, 5) is 19.7. The molecular formula is C24H46O22. The van der Waals surface area contributed by atoms with E-state index in [1.807, 2.05) is 0 Å². The zero-order valence-electron chi connectivity index (χ0n) is 26.1. The molecule has 0 heterocycles. The standard InChI is InChI=1S/C24H46O22/c1-3-5-6-7-8-9-10-11-12-13-14-15-16-17-19-26-20-22-28-30-32-34-36-38-40-42-44-46-45-43-41-39-37-35-33-31-29-23-21-27-24(25)18-4-2/h21,23H,3-20,22H2,1-2H3/b23-21+. The highest BCUT2D eigenvalue weighted by atomic mass is 18.0. The summed E-state index contributed by atoms with van der Waals surface area (Å²) in [5.41, 5.74) is 0. The molecule has 0 spiro atoms. The maximum Gasteiger partial charge on any atom is 0.310 e. The topological polar surface area (TPSA) is 211 Å². The number of hydrogen-bond acceptors (Lipinski definition) is 22. The van der Waals surface area contributed by atoms with Gasteiger partial charge in [0.25, 0.3) is 0 Å². The molecule has 0 rings (SSSR count). The zero-order chi connectivity index (χ0) is 33.3. The molecule has 22 nitrogen and oxygen atoms in total. The van der Waals surface area contributed by atoms with Gasteiger partial charge in [0.2, 0.25) is 0 Å². The summed E-state index contributed by atoms with van der Waals surface area (Å²) >= 11 is 0. The minimum absolute atomic E-state index is 0.0683. The van der Waals surface area contributed by atoms with Gasteiger partial charge in [-0.05, 0) is 53.1 Å². The molecule has 0 atom stereocenters. The Morgan fingerprint density at radius 2 is 0.826 bits per heavy atom. The summed E-state index contributed by atoms with van der Waals surface area (Å²) < 4.78 is 9.96. The molecule has 0 aromatic carbocycles. The van der Waals surface area contributed by atoms with Gasteiger partial charge in [0.15, 0.2) is 6.26 Å². The maximum atomic E-state index is 11.0. The number of ether oxygens (including phenoxy) is 2. The highest BCUT2D eigenvalue weighted by Gasteiger charge is 2.01. The first-order valence-electron chi connectivity index (χ1n) is 14.8. The van der Waals surface area contributed by atoms with Gasteiger partial charge >= 0.3 is 5.97 Å². The van der Waals surface area contributed by atoms with Crippen LogP contribution >= 0.6 is 0 Å². The number of rotatable bonds is 40. The van der Waals surface area contributed by atoms with E-state index in [1.165, 1.54) is 77.0 Å². The predicted molar refractivity (Wildman–Crippen MR) is 137 cm³/mol. The first-order valence-corrected chi connectivity index (χ1v) is 14.8. The minimum atomic E-state index is -0.471. The molecule has 0 unspecified atom stereocenters. The zero-order valence-corrected chi connectivity index (χ0v) is 26.1. The lowest BCUT2D eigenvalue weighted by Gasteiger charge is -2.05. The summed E-state index contributed by atoms with van der Waals surface area (Å²) in [6.07, 6.45) is 20.7. The average Bonchev–Trinajstić information content (AvgIpc) is 3.06. The average molecular weight is 687 g/mol. The van der Waals surface area contributed by atoms with E-state index < -0.39 is 5.97 Å². The van der Waals surface area contributed by atoms with Crippen molar-refractivity contribution >= 4 is 5.97 Å². The van der Waals surface area contributed by atoms with Crippen LogP contribution in [-0.2, 0) is 110 Å². The SMILES string of the molecule is CCCCCCCCCCCCCCCCOCCOOOOOOOOOOOOOOOOOOO/C=C/OC(=O)CCC. The molecule has 0 saturated heterocycles. The van der Waals surface area contributed by atoms with Gasteiger partial charge in [0.05, 0.1) is 6.61 Å². The second-order valence-corrected chi connectivity index (χ2v) is 8.80. The van der Waals surface area contributed by atoms with Crippen LogP contribution in [0.5, 0.6) is 0 Å². The van der Waals surface area contributed by atoms with E-state index in [4.69, 9.17) is 4.74 Å². The molecule has 0 aliphatic carbocycles. The normalized spacial score (nSPS) is 11.5. The Kier molecular flexibility index (Phi) is 39.7. The molecule has 0 aliphatic rings. The van der Waals surface area contributed by atoms with Crippen LogP contribution in [0.2, 0.25) is 0 Å². The highest BCUT2D eigenvalue weighted by Crippen LogP contribution is 2.13. The van der Waals surface area contributed by atoms with Crippen molar-refractivity contribution in [3.8, 4) is 0 Å². The highest BCUT2D eigenvalue weighted by molar-refractivity contribution is 5.69. The van der Waals surface area contributed by atoms with Gasteiger partial charge in [0.1, 0.15) is 12.9 Å². The molecule has 46 heavy (non-hydrogen) atoms. The number of esters is 1. The molecule has 0 aromatic heterocycles. The van der Waals surface area contributed by atoms with E-state index in [9.17, 15) is 4.79 Å². The van der Waals surface area contributed by atoms with Crippen molar-refractivity contribution in [1.82, 2.24) is 0 Å². The fraction of sp³-hybridized carbons (Fsp3) is 0.875. The van der Waals surface area contributed by atoms with Crippen LogP contribution in [0.15, 0.2) is 12.5 Å². The van der Waals surface area contributed by atoms with Crippen LogP contribution in [0.1, 0.15) is 117 Å². The van der Waals surface area contributed by atoms with Crippen LogP contribution in [-0.4, -0.2) is 25.8 Å². The van der Waals surface area contributed by atoms with E-state index >= 15 is 0 Å². The quantitative estimate of drug-likeness (QED) is 0.0235. The lowest BCUT2D eigenvalue weighted by atomic mass is 10.0. The Hall–Kier alpha value is -1.75. The van der Waals surface area contributed by atoms with Gasteiger partial charge < -0.3 is 14.4 Å². The fourth-order valence-corrected chi connectivity index (χ4v) is 3.25. The smallest absolute Gasteiger partial charge is 0.310 e. The summed E-state index contributed by atoms with van der Waals surface area (Å²) in [5.74, 6) is -0.471. The van der Waals surface area contributed by atoms with Gasteiger partial charge in [-0.2, -0.15) is 0 Å². The lowest BCUT2D eigenvalue weighted by Crippen LogP contribution is -2.07. The third kappa shape index (κ3) is 40.3. The van der Waals surface area contributed by atoms with Gasteiger partial charge in [-0.1, -0.05) is 97.3 Å². The van der Waals surface area contributed by atoms with Crippen LogP contribution < -0.4 is 0 Å². The van der Waals surface area contributed by atoms with Crippen molar-refractivity contribution in [2.24, 2.45) is 0 Å². The largest absolute Gasteiger partial charge is 0.431 e. The van der Waals surface area contributed by atoms with Crippen molar-refractivity contribution < 1.29 is 110 Å². The monoisotopic (exact) mass is 686 g/mol. The summed E-state index contributed by atoms with van der Waals surface area (Å²) in [5, 5.41) is 63.7. The second kappa shape index (κ2) is 41.3. The summed E-state index contributed by atoms with van der Waals surface area (Å²) in [6, 6.07) is 0. The Balaban J connectivity index is 3.08. The van der Waals surface area contributed by atoms with Gasteiger partial charge in [-0.25, -0.2) is 4.89 Å². The van der Waals surface area contributed by atoms with Crippen molar-refractivity contribution in [1.29, 1.82) is 0 Å². The molecule has 0 bridgehead atoms. The molecule has 0 aliphatic heterocycles. The summed E-state index contributed by atoms with van der Waals surface area (Å²) in [6.45, 7) is 5.04. The first kappa shape index (κ1) is 44.2. The molecule has 0 fully saturated rings. The molecule has 22 heteroatoms. The van der Waals surface area contributed by atoms with E-state index in [0.717, 1.165) is 25.4 Å². The Bertz CT molecular complexity index is 617. The van der Waals surface area contributed by atoms with Gasteiger partial charge in [-0.15, -0.1) is 0 Å². The fourth-order valence-electron chi connectivity index (χ4n) is 3.25. The lowest BCUT2D eigenvalue weighted by molar-refractivity contribution is -0.891. The number of carbonyl (C=O) groups is 1. The molecular weight excluding hydrogens is 640 g/mol. The van der Waals surface area contributed by atoms with Crippen LogP contribution in [0.25, 0.3) is 0 Å². The Morgan fingerprint density at radius 3 is 1.28 bits per heavy atom. The molecule has 0 amide bonds. The van der Waals surface area contributed by atoms with Crippen LogP contribution in [0.4, 0.5) is 0 Å². The first-order chi connectivity index (χ1) is 22.8. The van der Waals surface area contributed by atoms with Gasteiger partial charge in [0, 0.05) is 58.4 Å². The number of hydrogen-bond donors (Lipinski definition) is 0. The van der Waals surface area contributed by atoms with Crippen LogP contribution in [0.3, 0.4) is 0 Å². The summed E-state index contributed by atoms with van der Waals surface area (Å²) in [7, 11) is 0. The van der Waals surface area contributed by atoms with Crippen molar-refractivity contribution in [2.75, 3.05) is 19.8 Å². The molecule has 0 N–H and O–H groups in total. The molecule has 0 aromatic rings. The van der Waals surface area contributed by atoms with E-state index in [0.29, 0.717) is 13.0 Å². The van der Waals surface area contributed by atoms with Gasteiger partial charge in [-0.3, -0.25) is 4.79 Å². The maximum absolute atomic E-state index is 11.0. The van der Waals surface area contributed by atoms with Crippen LogP contribution in [0, 0.1) is 0 Å². The third-order valence-corrected chi connectivity index (χ3v) is 5.25. The second-order valence-electron chi connectivity index (χ2n) is 8.80. The van der Waals surface area contributed by atoms with E-state index in [1.54, 1.807) is 6.92 Å². The predicted octanol–water partition coefficient (Wildman–Crippen LogP) is 6.08. The number of carbonyl (C=O) groups excluding carboxylic acids is 1. The van der Waals surface area contributed by atoms with Crippen molar-refractivity contribution in [2.45, 2.75) is 117 Å².